The average molecular weight is 491 g/mol. The number of carbonyl (C=O) groups is 6. The van der Waals surface area contributed by atoms with Crippen LogP contribution < -0.4 is 11.5 Å². The molecule has 0 aliphatic heterocycles. The van der Waals surface area contributed by atoms with E-state index in [-0.39, 0.29) is 13.1 Å². The Labute approximate surface area is 208 Å². The fraction of sp³-hybridized carbons (Fsp3) is 0.231. The summed E-state index contributed by atoms with van der Waals surface area (Å²) in [6, 6.07) is 13.5. The van der Waals surface area contributed by atoms with Gasteiger partial charge in [-0.05, 0) is 35.4 Å². The minimum absolute atomic E-state index is 0.0747. The molecule has 0 spiro atoms. The van der Waals surface area contributed by atoms with Gasteiger partial charge in [0.25, 0.3) is 23.4 Å². The molecule has 2 aromatic carbocycles. The van der Waals surface area contributed by atoms with Crippen LogP contribution in [0.15, 0.2) is 48.5 Å². The topological polar surface area (TPSA) is 161 Å². The lowest BCUT2D eigenvalue weighted by Crippen LogP contribution is -2.37. The molecule has 0 heterocycles. The first-order chi connectivity index (χ1) is 17.0. The van der Waals surface area contributed by atoms with E-state index in [1.54, 1.807) is 48.5 Å². The van der Waals surface area contributed by atoms with Crippen LogP contribution in [0, 0.1) is 11.8 Å². The number of hydrogen-bond acceptors (Lipinski definition) is 8. The van der Waals surface area contributed by atoms with Gasteiger partial charge in [-0.25, -0.2) is 0 Å². The standard InChI is InChI=1S/C26H26N4O6/c1-29(15-17-7-5-9-19(27)13-17)25(35)23(33)21(31)11-3-4-12-22(32)24(34)26(36)30(2)16-18-8-6-10-20(28)14-18/h5-10,13-14H,11-12,15-16,27-28H2,1-2H3. The first kappa shape index (κ1) is 27.5. The van der Waals surface area contributed by atoms with Crippen molar-refractivity contribution in [3.63, 3.8) is 0 Å². The van der Waals surface area contributed by atoms with Crippen LogP contribution in [0.5, 0.6) is 0 Å². The second-order valence-electron chi connectivity index (χ2n) is 8.02. The van der Waals surface area contributed by atoms with Crippen molar-refractivity contribution in [1.82, 2.24) is 9.80 Å². The maximum atomic E-state index is 12.2. The Morgan fingerprint density at radius 1 is 0.667 bits per heavy atom. The third-order valence-corrected chi connectivity index (χ3v) is 4.95. The molecule has 0 radical (unpaired) electrons. The first-order valence-corrected chi connectivity index (χ1v) is 10.8. The lowest BCUT2D eigenvalue weighted by Gasteiger charge is -2.16. The number of amides is 2. The second-order valence-corrected chi connectivity index (χ2v) is 8.02. The average Bonchev–Trinajstić information content (AvgIpc) is 2.84. The molecule has 2 amide bonds. The summed E-state index contributed by atoms with van der Waals surface area (Å²) >= 11 is 0. The summed E-state index contributed by atoms with van der Waals surface area (Å²) in [6.07, 6.45) is -1.22. The van der Waals surface area contributed by atoms with Gasteiger partial charge in [-0.3, -0.25) is 28.8 Å². The van der Waals surface area contributed by atoms with Crippen LogP contribution in [0.25, 0.3) is 0 Å². The molecule has 10 nitrogen and oxygen atoms in total. The largest absolute Gasteiger partial charge is 0.399 e. The molecular weight excluding hydrogens is 464 g/mol. The molecule has 0 saturated carbocycles. The van der Waals surface area contributed by atoms with Gasteiger partial charge >= 0.3 is 0 Å². The fourth-order valence-electron chi connectivity index (χ4n) is 3.11. The molecule has 0 bridgehead atoms. The lowest BCUT2D eigenvalue weighted by atomic mass is 10.1. The maximum Gasteiger partial charge on any atom is 0.298 e. The van der Waals surface area contributed by atoms with E-state index in [9.17, 15) is 28.8 Å². The Hall–Kier alpha value is -4.78. The van der Waals surface area contributed by atoms with Gasteiger partial charge in [0.2, 0.25) is 11.6 Å². The molecule has 0 aliphatic rings. The maximum absolute atomic E-state index is 12.2. The van der Waals surface area contributed by atoms with E-state index in [4.69, 9.17) is 11.5 Å². The van der Waals surface area contributed by atoms with Crippen molar-refractivity contribution in [3.8, 4) is 11.8 Å². The second kappa shape index (κ2) is 12.6. The number of hydrogen-bond donors (Lipinski definition) is 2. The SMILES string of the molecule is CN(Cc1cccc(N)c1)C(=O)C(=O)C(=O)CC#CCC(=O)C(=O)C(=O)N(C)Cc1cccc(N)c1. The number of carbonyl (C=O) groups excluding carboxylic acids is 6. The van der Waals surface area contributed by atoms with Crippen LogP contribution in [0.2, 0.25) is 0 Å². The van der Waals surface area contributed by atoms with Crippen molar-refractivity contribution >= 4 is 46.3 Å². The molecule has 0 aliphatic carbocycles. The number of nitrogens with zero attached hydrogens (tertiary/aromatic N) is 2. The van der Waals surface area contributed by atoms with E-state index >= 15 is 0 Å². The monoisotopic (exact) mass is 490 g/mol. The van der Waals surface area contributed by atoms with Crippen LogP contribution in [-0.2, 0) is 41.9 Å². The highest BCUT2D eigenvalue weighted by molar-refractivity contribution is 6.64. The van der Waals surface area contributed by atoms with E-state index in [1.807, 2.05) is 0 Å². The van der Waals surface area contributed by atoms with Crippen molar-refractivity contribution in [2.45, 2.75) is 25.9 Å². The van der Waals surface area contributed by atoms with Crippen molar-refractivity contribution in [2.24, 2.45) is 0 Å². The lowest BCUT2D eigenvalue weighted by molar-refractivity contribution is -0.149. The van der Waals surface area contributed by atoms with Gasteiger partial charge in [-0.2, -0.15) is 0 Å². The van der Waals surface area contributed by atoms with E-state index < -0.39 is 47.8 Å². The zero-order chi connectivity index (χ0) is 26.8. The minimum atomic E-state index is -1.25. The summed E-state index contributed by atoms with van der Waals surface area (Å²) in [4.78, 5) is 74.9. The summed E-state index contributed by atoms with van der Waals surface area (Å²) < 4.78 is 0. The van der Waals surface area contributed by atoms with Gasteiger partial charge in [0.1, 0.15) is 0 Å². The molecule has 0 atom stereocenters. The fourth-order valence-corrected chi connectivity index (χ4v) is 3.11. The number of likely N-dealkylation sites (N-methyl/N-ethyl adjacent to an activating group) is 2. The van der Waals surface area contributed by atoms with Crippen LogP contribution in [-0.4, -0.2) is 58.8 Å². The van der Waals surface area contributed by atoms with E-state index in [2.05, 4.69) is 11.8 Å². The van der Waals surface area contributed by atoms with Gasteiger partial charge in [-0.1, -0.05) is 36.1 Å². The van der Waals surface area contributed by atoms with Crippen LogP contribution in [0.1, 0.15) is 24.0 Å². The van der Waals surface area contributed by atoms with Crippen molar-refractivity contribution < 1.29 is 28.8 Å². The molecule has 186 valence electrons. The number of benzene rings is 2. The number of ketones is 4. The summed E-state index contributed by atoms with van der Waals surface area (Å²) in [7, 11) is 2.74. The molecule has 0 aromatic heterocycles. The van der Waals surface area contributed by atoms with Crippen LogP contribution in [0.4, 0.5) is 11.4 Å². The highest BCUT2D eigenvalue weighted by atomic mass is 16.2. The smallest absolute Gasteiger partial charge is 0.298 e. The molecule has 0 fully saturated rings. The predicted molar refractivity (Wildman–Crippen MR) is 132 cm³/mol. The van der Waals surface area contributed by atoms with Crippen LogP contribution >= 0.6 is 0 Å². The summed E-state index contributed by atoms with van der Waals surface area (Å²) in [5.41, 5.74) is 13.7. The van der Waals surface area contributed by atoms with E-state index in [0.717, 1.165) is 9.80 Å². The van der Waals surface area contributed by atoms with Gasteiger partial charge in [0.15, 0.2) is 0 Å². The molecular formula is C26H26N4O6. The van der Waals surface area contributed by atoms with Gasteiger partial charge in [0.05, 0.1) is 12.8 Å². The van der Waals surface area contributed by atoms with Crippen molar-refractivity contribution in [3.05, 3.63) is 59.7 Å². The third kappa shape index (κ3) is 7.92. The Morgan fingerprint density at radius 3 is 1.36 bits per heavy atom. The van der Waals surface area contributed by atoms with Gasteiger partial charge in [-0.15, -0.1) is 0 Å². The molecule has 10 heteroatoms. The Bertz CT molecular complexity index is 1180. The molecule has 2 aromatic rings. The molecule has 0 saturated heterocycles. The Morgan fingerprint density at radius 2 is 1.03 bits per heavy atom. The van der Waals surface area contributed by atoms with Gasteiger partial charge < -0.3 is 21.3 Å². The predicted octanol–water partition coefficient (Wildman–Crippen LogP) is 0.528. The first-order valence-electron chi connectivity index (χ1n) is 10.8. The normalized spacial score (nSPS) is 9.94. The van der Waals surface area contributed by atoms with E-state index in [1.165, 1.54) is 14.1 Å². The molecule has 2 rings (SSSR count). The number of nitrogens with two attached hydrogens (primary N) is 2. The summed E-state index contributed by atoms with van der Waals surface area (Å²) in [5, 5.41) is 0. The minimum Gasteiger partial charge on any atom is -0.399 e. The van der Waals surface area contributed by atoms with Crippen molar-refractivity contribution in [2.75, 3.05) is 25.6 Å². The Kier molecular flexibility index (Phi) is 9.63. The zero-order valence-electron chi connectivity index (χ0n) is 19.9. The zero-order valence-corrected chi connectivity index (χ0v) is 19.9. The van der Waals surface area contributed by atoms with Crippen LogP contribution in [0.3, 0.4) is 0 Å². The quantitative estimate of drug-likeness (QED) is 0.211. The number of anilines is 2. The molecule has 0 unspecified atom stereocenters. The number of Topliss-reactive ketones (excluding diaryl/α,β-unsaturated/α-hetero) is 4. The highest BCUT2D eigenvalue weighted by Gasteiger charge is 2.26. The third-order valence-electron chi connectivity index (χ3n) is 4.95. The van der Waals surface area contributed by atoms with E-state index in [0.29, 0.717) is 22.5 Å². The van der Waals surface area contributed by atoms with Crippen molar-refractivity contribution in [1.29, 1.82) is 0 Å². The summed E-state index contributed by atoms with van der Waals surface area (Å²) in [6.45, 7) is 0.149. The number of nitrogen functional groups attached to an aromatic ring is 2. The number of rotatable bonds is 10. The summed E-state index contributed by atoms with van der Waals surface area (Å²) in [5.74, 6) is -2.04. The molecule has 36 heavy (non-hydrogen) atoms. The highest BCUT2D eigenvalue weighted by Crippen LogP contribution is 2.10. The van der Waals surface area contributed by atoms with Gasteiger partial charge in [0, 0.05) is 38.6 Å². The molecule has 4 N–H and O–H groups in total. The Balaban J connectivity index is 1.84.